The summed E-state index contributed by atoms with van der Waals surface area (Å²) < 4.78 is 1.33. The number of rotatable bonds is 7. The summed E-state index contributed by atoms with van der Waals surface area (Å²) in [6, 6.07) is 0. The van der Waals surface area contributed by atoms with Gasteiger partial charge in [0.05, 0.1) is 0 Å². The average molecular weight is 396 g/mol. The molecular formula is C10H24N2OPb. The Labute approximate surface area is 104 Å². The topological polar surface area (TPSA) is 47.3 Å². The van der Waals surface area contributed by atoms with E-state index in [1.165, 1.54) is 3.98 Å². The van der Waals surface area contributed by atoms with E-state index in [1.807, 2.05) is 0 Å². The van der Waals surface area contributed by atoms with Gasteiger partial charge in [-0.2, -0.15) is 0 Å². The van der Waals surface area contributed by atoms with E-state index in [1.54, 1.807) is 0 Å². The fraction of sp³-hybridized carbons (Fsp3) is 1.00. The van der Waals surface area contributed by atoms with Gasteiger partial charge in [0, 0.05) is 0 Å². The Balaban J connectivity index is 4.05. The summed E-state index contributed by atoms with van der Waals surface area (Å²) in [5.41, 5.74) is 0.315. The third-order valence-corrected chi connectivity index (χ3v) is 3.26. The Morgan fingerprint density at radius 3 is 2.29 bits per heavy atom. The zero-order valence-electron chi connectivity index (χ0n) is 9.89. The van der Waals surface area contributed by atoms with E-state index in [2.05, 4.69) is 33.0 Å². The molecule has 2 radical (unpaired) electrons. The van der Waals surface area contributed by atoms with Gasteiger partial charge in [-0.3, -0.25) is 0 Å². The predicted octanol–water partition coefficient (Wildman–Crippen LogP) is 0.980. The molecule has 0 aromatic rings. The summed E-state index contributed by atoms with van der Waals surface area (Å²) in [6.07, 6.45) is 1.07. The molecule has 0 atom stereocenters. The Bertz CT molecular complexity index is 160. The number of nitrogens with two attached hydrogens (primary N) is 1. The summed E-state index contributed by atoms with van der Waals surface area (Å²) in [7, 11) is 0. The molecule has 0 saturated carbocycles. The van der Waals surface area contributed by atoms with Gasteiger partial charge in [0.2, 0.25) is 0 Å². The van der Waals surface area contributed by atoms with Crippen molar-refractivity contribution in [1.82, 2.24) is 5.32 Å². The van der Waals surface area contributed by atoms with E-state index in [9.17, 15) is 0 Å². The minimum atomic E-state index is 0.138. The fourth-order valence-corrected chi connectivity index (χ4v) is 2.51. The van der Waals surface area contributed by atoms with Crippen LogP contribution >= 0.6 is 0 Å². The second kappa shape index (κ2) is 6.40. The van der Waals surface area contributed by atoms with Crippen LogP contribution in [-0.2, 0) is 4.84 Å². The Hall–Kier alpha value is 0.802. The summed E-state index contributed by atoms with van der Waals surface area (Å²) >= 11 is 1.09. The molecule has 0 aromatic carbocycles. The van der Waals surface area contributed by atoms with E-state index < -0.39 is 0 Å². The SMILES string of the molecule is CC(C)(CON)CC(C)(C)NC[CH2][PbH]. The summed E-state index contributed by atoms with van der Waals surface area (Å²) in [6.45, 7) is 10.6. The molecule has 0 unspecified atom stereocenters. The fourth-order valence-electron chi connectivity index (χ4n) is 1.95. The normalized spacial score (nSPS) is 13.3. The van der Waals surface area contributed by atoms with E-state index in [0.717, 1.165) is 38.7 Å². The predicted molar refractivity (Wildman–Crippen MR) is 62.6 cm³/mol. The van der Waals surface area contributed by atoms with Crippen LogP contribution in [-0.4, -0.2) is 44.5 Å². The van der Waals surface area contributed by atoms with Crippen molar-refractivity contribution in [2.75, 3.05) is 13.2 Å². The quantitative estimate of drug-likeness (QED) is 0.499. The van der Waals surface area contributed by atoms with Crippen LogP contribution in [0.5, 0.6) is 0 Å². The molecule has 4 heteroatoms. The van der Waals surface area contributed by atoms with Gasteiger partial charge in [0.25, 0.3) is 0 Å². The van der Waals surface area contributed by atoms with E-state index in [4.69, 9.17) is 10.7 Å². The van der Waals surface area contributed by atoms with Gasteiger partial charge in [-0.15, -0.1) is 0 Å². The second-order valence-electron chi connectivity index (χ2n) is 5.25. The molecule has 0 spiro atoms. The van der Waals surface area contributed by atoms with Crippen molar-refractivity contribution < 1.29 is 4.84 Å². The van der Waals surface area contributed by atoms with Gasteiger partial charge < -0.3 is 0 Å². The first-order valence-corrected chi connectivity index (χ1v) is 8.27. The summed E-state index contributed by atoms with van der Waals surface area (Å²) in [5.74, 6) is 5.12. The van der Waals surface area contributed by atoms with Crippen LogP contribution in [0.15, 0.2) is 0 Å². The molecule has 0 saturated heterocycles. The monoisotopic (exact) mass is 396 g/mol. The standard InChI is InChI=1S/C10H23N2O.Pb.H/c1-6-12-10(4,5)7-9(2,3)8-13-11;;/h12H,1,6-8,11H2,2-5H3;;. The van der Waals surface area contributed by atoms with Gasteiger partial charge in [-0.25, -0.2) is 0 Å². The summed E-state index contributed by atoms with van der Waals surface area (Å²) in [4.78, 5) is 4.74. The van der Waals surface area contributed by atoms with Gasteiger partial charge >= 0.3 is 104 Å². The zero-order valence-corrected chi connectivity index (χ0v) is 14.4. The molecule has 0 bridgehead atoms. The van der Waals surface area contributed by atoms with Crippen LogP contribution in [0.2, 0.25) is 3.98 Å². The van der Waals surface area contributed by atoms with Crippen molar-refractivity contribution in [3.8, 4) is 0 Å². The van der Waals surface area contributed by atoms with E-state index in [0.29, 0.717) is 6.61 Å². The van der Waals surface area contributed by atoms with Crippen LogP contribution in [0.25, 0.3) is 0 Å². The van der Waals surface area contributed by atoms with Crippen LogP contribution in [0, 0.1) is 5.41 Å². The van der Waals surface area contributed by atoms with Crippen LogP contribution in [0.3, 0.4) is 0 Å². The molecular weight excluding hydrogens is 371 g/mol. The van der Waals surface area contributed by atoms with Crippen LogP contribution < -0.4 is 11.2 Å². The maximum absolute atomic E-state index is 5.12. The molecule has 0 rings (SSSR count). The van der Waals surface area contributed by atoms with Crippen molar-refractivity contribution in [3.63, 3.8) is 0 Å². The molecule has 0 aromatic heterocycles. The third-order valence-electron chi connectivity index (χ3n) is 2.14. The Morgan fingerprint density at radius 2 is 1.86 bits per heavy atom. The molecule has 0 aliphatic heterocycles. The molecule has 0 amide bonds. The van der Waals surface area contributed by atoms with Crippen LogP contribution in [0.1, 0.15) is 34.1 Å². The minimum absolute atomic E-state index is 0.138. The van der Waals surface area contributed by atoms with Crippen LogP contribution in [0.4, 0.5) is 0 Å². The van der Waals surface area contributed by atoms with Crippen molar-refractivity contribution in [2.45, 2.75) is 43.6 Å². The molecule has 84 valence electrons. The third kappa shape index (κ3) is 7.14. The van der Waals surface area contributed by atoms with Crippen molar-refractivity contribution in [3.05, 3.63) is 0 Å². The van der Waals surface area contributed by atoms with Crippen molar-refractivity contribution in [1.29, 1.82) is 0 Å². The average Bonchev–Trinajstić information content (AvgIpc) is 1.98. The van der Waals surface area contributed by atoms with Gasteiger partial charge in [0.15, 0.2) is 0 Å². The first-order chi connectivity index (χ1) is 6.33. The first-order valence-electron chi connectivity index (χ1n) is 5.10. The zero-order chi connectivity index (χ0) is 11.2. The molecule has 0 heterocycles. The number of nitrogens with one attached hydrogen (secondary N) is 1. The van der Waals surface area contributed by atoms with E-state index >= 15 is 0 Å². The molecule has 0 fully saturated rings. The van der Waals surface area contributed by atoms with Gasteiger partial charge in [0.1, 0.15) is 0 Å². The van der Waals surface area contributed by atoms with E-state index in [-0.39, 0.29) is 11.0 Å². The second-order valence-corrected chi connectivity index (χ2v) is 7.50. The number of hydrogen-bond acceptors (Lipinski definition) is 3. The maximum atomic E-state index is 5.12. The molecule has 14 heavy (non-hydrogen) atoms. The van der Waals surface area contributed by atoms with Gasteiger partial charge in [-0.05, 0) is 0 Å². The molecule has 3 nitrogen and oxygen atoms in total. The van der Waals surface area contributed by atoms with Gasteiger partial charge in [-0.1, -0.05) is 0 Å². The summed E-state index contributed by atoms with van der Waals surface area (Å²) in [5, 5.41) is 3.57. The Kier molecular flexibility index (Phi) is 6.77. The Morgan fingerprint density at radius 1 is 1.29 bits per heavy atom. The van der Waals surface area contributed by atoms with Crippen molar-refractivity contribution in [2.24, 2.45) is 11.3 Å². The number of hydrogen-bond donors (Lipinski definition) is 2. The molecule has 0 aliphatic carbocycles. The molecule has 3 N–H and O–H groups in total. The van der Waals surface area contributed by atoms with Crippen molar-refractivity contribution >= 4 is 25.8 Å². The molecule has 0 aliphatic rings. The first kappa shape index (κ1) is 14.8.